The molecule has 0 spiro atoms. The van der Waals surface area contributed by atoms with Gasteiger partial charge in [-0.2, -0.15) is 10.2 Å². The minimum Gasteiger partial charge on any atom is -0.301 e. The average molecular weight is 352 g/mol. The van der Waals surface area contributed by atoms with Crippen molar-refractivity contribution in [2.45, 2.75) is 71.3 Å². The van der Waals surface area contributed by atoms with Crippen LogP contribution in [-0.2, 0) is 12.8 Å². The lowest BCUT2D eigenvalue weighted by Crippen LogP contribution is -2.29. The van der Waals surface area contributed by atoms with Crippen molar-refractivity contribution in [2.24, 2.45) is 0 Å². The molecule has 1 atom stereocenters. The summed E-state index contributed by atoms with van der Waals surface area (Å²) >= 11 is 0. The van der Waals surface area contributed by atoms with Gasteiger partial charge in [0.15, 0.2) is 0 Å². The van der Waals surface area contributed by atoms with Crippen molar-refractivity contribution in [3.63, 3.8) is 0 Å². The van der Waals surface area contributed by atoms with Gasteiger partial charge in [0.1, 0.15) is 0 Å². The SMILES string of the molecule is CCCCCc1cc(-c2ccccc2)nnc1CCC1CCCN1CC. The van der Waals surface area contributed by atoms with E-state index in [-0.39, 0.29) is 0 Å². The van der Waals surface area contributed by atoms with Gasteiger partial charge in [0, 0.05) is 11.6 Å². The number of likely N-dealkylation sites (tertiary alicyclic amines) is 1. The van der Waals surface area contributed by atoms with Gasteiger partial charge in [0.25, 0.3) is 0 Å². The molecule has 3 rings (SSSR count). The number of benzene rings is 1. The summed E-state index contributed by atoms with van der Waals surface area (Å²) in [5.41, 5.74) is 4.81. The molecule has 0 aliphatic carbocycles. The van der Waals surface area contributed by atoms with Gasteiger partial charge in [-0.05, 0) is 63.2 Å². The lowest BCUT2D eigenvalue weighted by Gasteiger charge is -2.22. The maximum atomic E-state index is 4.68. The van der Waals surface area contributed by atoms with E-state index in [1.807, 2.05) is 0 Å². The molecule has 1 unspecified atom stereocenters. The molecule has 2 heterocycles. The Morgan fingerprint density at radius 1 is 1.04 bits per heavy atom. The van der Waals surface area contributed by atoms with Crippen molar-refractivity contribution in [1.82, 2.24) is 15.1 Å². The van der Waals surface area contributed by atoms with Crippen LogP contribution >= 0.6 is 0 Å². The van der Waals surface area contributed by atoms with Crippen molar-refractivity contribution in [2.75, 3.05) is 13.1 Å². The average Bonchev–Trinajstić information content (AvgIpc) is 3.15. The lowest BCUT2D eigenvalue weighted by atomic mass is 9.99. The van der Waals surface area contributed by atoms with Crippen LogP contribution in [0, 0.1) is 0 Å². The van der Waals surface area contributed by atoms with E-state index >= 15 is 0 Å². The summed E-state index contributed by atoms with van der Waals surface area (Å²) in [6.07, 6.45) is 9.88. The molecular weight excluding hydrogens is 318 g/mol. The van der Waals surface area contributed by atoms with Gasteiger partial charge in [-0.1, -0.05) is 57.0 Å². The van der Waals surface area contributed by atoms with Crippen molar-refractivity contribution in [3.05, 3.63) is 47.7 Å². The van der Waals surface area contributed by atoms with Gasteiger partial charge in [-0.3, -0.25) is 0 Å². The summed E-state index contributed by atoms with van der Waals surface area (Å²) in [7, 11) is 0. The summed E-state index contributed by atoms with van der Waals surface area (Å²) in [4.78, 5) is 2.63. The van der Waals surface area contributed by atoms with E-state index in [1.54, 1.807) is 0 Å². The Hall–Kier alpha value is -1.74. The molecule has 1 aliphatic heterocycles. The molecule has 2 aromatic rings. The van der Waals surface area contributed by atoms with Crippen LogP contribution in [0.15, 0.2) is 36.4 Å². The predicted octanol–water partition coefficient (Wildman–Crippen LogP) is 5.29. The van der Waals surface area contributed by atoms with Crippen LogP contribution < -0.4 is 0 Å². The number of hydrogen-bond donors (Lipinski definition) is 0. The quantitative estimate of drug-likeness (QED) is 0.575. The largest absolute Gasteiger partial charge is 0.301 e. The molecule has 26 heavy (non-hydrogen) atoms. The normalized spacial score (nSPS) is 17.7. The summed E-state index contributed by atoms with van der Waals surface area (Å²) in [6, 6.07) is 13.5. The van der Waals surface area contributed by atoms with Gasteiger partial charge in [-0.25, -0.2) is 0 Å². The fourth-order valence-electron chi connectivity index (χ4n) is 4.14. The first-order chi connectivity index (χ1) is 12.8. The van der Waals surface area contributed by atoms with E-state index < -0.39 is 0 Å². The smallest absolute Gasteiger partial charge is 0.0932 e. The Labute approximate surface area is 158 Å². The highest BCUT2D eigenvalue weighted by atomic mass is 15.2. The molecule has 1 saturated heterocycles. The first kappa shape index (κ1) is 19.0. The Kier molecular flexibility index (Phi) is 7.19. The zero-order chi connectivity index (χ0) is 18.2. The molecule has 3 nitrogen and oxygen atoms in total. The van der Waals surface area contributed by atoms with Gasteiger partial charge in [0.2, 0.25) is 0 Å². The number of aromatic nitrogens is 2. The highest BCUT2D eigenvalue weighted by Crippen LogP contribution is 2.24. The third-order valence-corrected chi connectivity index (χ3v) is 5.70. The van der Waals surface area contributed by atoms with Crippen molar-refractivity contribution in [3.8, 4) is 11.3 Å². The first-order valence-electron chi connectivity index (χ1n) is 10.5. The second-order valence-corrected chi connectivity index (χ2v) is 7.49. The minimum atomic E-state index is 0.735. The van der Waals surface area contributed by atoms with E-state index in [0.717, 1.165) is 30.1 Å². The Morgan fingerprint density at radius 3 is 2.65 bits per heavy atom. The third kappa shape index (κ3) is 4.91. The predicted molar refractivity (Wildman–Crippen MR) is 109 cm³/mol. The van der Waals surface area contributed by atoms with Gasteiger partial charge >= 0.3 is 0 Å². The molecule has 1 aromatic carbocycles. The molecule has 0 bridgehead atoms. The summed E-state index contributed by atoms with van der Waals surface area (Å²) in [5.74, 6) is 0. The van der Waals surface area contributed by atoms with Crippen molar-refractivity contribution in [1.29, 1.82) is 0 Å². The number of unbranched alkanes of at least 4 members (excludes halogenated alkanes) is 2. The molecule has 1 aliphatic rings. The van der Waals surface area contributed by atoms with E-state index in [1.165, 1.54) is 62.9 Å². The number of aryl methyl sites for hydroxylation is 2. The Bertz CT molecular complexity index is 668. The van der Waals surface area contributed by atoms with Crippen molar-refractivity contribution >= 4 is 0 Å². The standard InChI is InChI=1S/C23H33N3/c1-3-5-7-13-20-18-23(19-11-8-6-9-12-19)25-24-22(20)16-15-21-14-10-17-26(21)4-2/h6,8-9,11-12,18,21H,3-5,7,10,13-17H2,1-2H3. The lowest BCUT2D eigenvalue weighted by molar-refractivity contribution is 0.255. The number of hydrogen-bond acceptors (Lipinski definition) is 3. The zero-order valence-corrected chi connectivity index (χ0v) is 16.5. The third-order valence-electron chi connectivity index (χ3n) is 5.70. The second-order valence-electron chi connectivity index (χ2n) is 7.49. The van der Waals surface area contributed by atoms with Crippen LogP contribution in [-0.4, -0.2) is 34.2 Å². The highest BCUT2D eigenvalue weighted by molar-refractivity contribution is 5.59. The molecule has 0 saturated carbocycles. The van der Waals surface area contributed by atoms with Crippen LogP contribution in [0.5, 0.6) is 0 Å². The van der Waals surface area contributed by atoms with Crippen LogP contribution in [0.3, 0.4) is 0 Å². The van der Waals surface area contributed by atoms with Crippen LogP contribution in [0.4, 0.5) is 0 Å². The zero-order valence-electron chi connectivity index (χ0n) is 16.5. The number of rotatable bonds is 9. The molecule has 0 amide bonds. The second kappa shape index (κ2) is 9.82. The molecule has 1 aromatic heterocycles. The maximum Gasteiger partial charge on any atom is 0.0932 e. The Morgan fingerprint density at radius 2 is 1.88 bits per heavy atom. The Balaban J connectivity index is 1.74. The molecule has 3 heteroatoms. The van der Waals surface area contributed by atoms with Crippen LogP contribution in [0.2, 0.25) is 0 Å². The molecule has 140 valence electrons. The summed E-state index contributed by atoms with van der Waals surface area (Å²) in [5, 5.41) is 9.24. The summed E-state index contributed by atoms with van der Waals surface area (Å²) in [6.45, 7) is 6.99. The fraction of sp³-hybridized carbons (Fsp3) is 0.565. The van der Waals surface area contributed by atoms with E-state index in [0.29, 0.717) is 0 Å². The van der Waals surface area contributed by atoms with Crippen LogP contribution in [0.1, 0.15) is 63.6 Å². The molecule has 0 radical (unpaired) electrons. The van der Waals surface area contributed by atoms with Gasteiger partial charge in [-0.15, -0.1) is 0 Å². The summed E-state index contributed by atoms with van der Waals surface area (Å²) < 4.78 is 0. The molecule has 1 fully saturated rings. The minimum absolute atomic E-state index is 0.735. The topological polar surface area (TPSA) is 29.0 Å². The van der Waals surface area contributed by atoms with Gasteiger partial charge in [0.05, 0.1) is 11.4 Å². The van der Waals surface area contributed by atoms with Crippen LogP contribution in [0.25, 0.3) is 11.3 Å². The fourth-order valence-corrected chi connectivity index (χ4v) is 4.14. The first-order valence-corrected chi connectivity index (χ1v) is 10.5. The molecule has 0 N–H and O–H groups in total. The van der Waals surface area contributed by atoms with Gasteiger partial charge < -0.3 is 4.90 Å². The van der Waals surface area contributed by atoms with E-state index in [2.05, 4.69) is 65.3 Å². The maximum absolute atomic E-state index is 4.68. The van der Waals surface area contributed by atoms with Crippen molar-refractivity contribution < 1.29 is 0 Å². The number of nitrogens with zero attached hydrogens (tertiary/aromatic N) is 3. The monoisotopic (exact) mass is 351 g/mol. The van der Waals surface area contributed by atoms with E-state index in [4.69, 9.17) is 0 Å². The molecular formula is C23H33N3. The van der Waals surface area contributed by atoms with E-state index in [9.17, 15) is 0 Å². The highest BCUT2D eigenvalue weighted by Gasteiger charge is 2.23.